The van der Waals surface area contributed by atoms with E-state index in [9.17, 15) is 13.2 Å². The number of carbonyl (C=O) groups excluding carboxylic acids is 1. The van der Waals surface area contributed by atoms with Crippen molar-refractivity contribution in [1.82, 2.24) is 9.88 Å². The number of aromatic nitrogens is 1. The summed E-state index contributed by atoms with van der Waals surface area (Å²) in [5.41, 5.74) is 4.25. The molecule has 0 radical (unpaired) electrons. The minimum Gasteiger partial charge on any atom is -0.487 e. The molecular formula is C33H31ClN2O5S. The lowest BCUT2D eigenvalue weighted by molar-refractivity contribution is -0.00948. The van der Waals surface area contributed by atoms with Gasteiger partial charge in [0.2, 0.25) is 0 Å². The lowest BCUT2D eigenvalue weighted by Gasteiger charge is -2.44. The van der Waals surface area contributed by atoms with Crippen LogP contribution in [0.1, 0.15) is 36.1 Å². The van der Waals surface area contributed by atoms with Crippen LogP contribution < -0.4 is 9.47 Å². The SMILES string of the molecule is O=C(Oc1ccccc1Cl)N1CCC2(CCc3cc(-c4ccc(CS(=O)(=O)Cc5ccccn5)cc4)ccc3O2)CC1. The zero-order valence-electron chi connectivity index (χ0n) is 23.0. The van der Waals surface area contributed by atoms with E-state index in [2.05, 4.69) is 11.1 Å². The number of likely N-dealkylation sites (tertiary alicyclic amines) is 1. The largest absolute Gasteiger partial charge is 0.487 e. The monoisotopic (exact) mass is 602 g/mol. The van der Waals surface area contributed by atoms with E-state index in [0.29, 0.717) is 29.6 Å². The zero-order valence-corrected chi connectivity index (χ0v) is 24.6. The lowest BCUT2D eigenvalue weighted by atomic mass is 9.82. The number of sulfone groups is 1. The predicted molar refractivity (Wildman–Crippen MR) is 162 cm³/mol. The highest BCUT2D eigenvalue weighted by atomic mass is 35.5. The number of amides is 1. The summed E-state index contributed by atoms with van der Waals surface area (Å²) in [5, 5.41) is 0.409. The van der Waals surface area contributed by atoms with Gasteiger partial charge in [-0.25, -0.2) is 13.2 Å². The minimum absolute atomic E-state index is 0.0287. The highest BCUT2D eigenvalue weighted by Gasteiger charge is 2.41. The van der Waals surface area contributed by atoms with Crippen molar-refractivity contribution in [3.63, 3.8) is 0 Å². The summed E-state index contributed by atoms with van der Waals surface area (Å²) in [6.45, 7) is 1.11. The summed E-state index contributed by atoms with van der Waals surface area (Å²) in [6.07, 6.45) is 4.44. The molecule has 42 heavy (non-hydrogen) atoms. The smallest absolute Gasteiger partial charge is 0.415 e. The van der Waals surface area contributed by atoms with Gasteiger partial charge in [0.25, 0.3) is 0 Å². The van der Waals surface area contributed by atoms with Gasteiger partial charge in [-0.2, -0.15) is 0 Å². The van der Waals surface area contributed by atoms with Crippen molar-refractivity contribution in [2.24, 2.45) is 0 Å². The Balaban J connectivity index is 1.06. The summed E-state index contributed by atoms with van der Waals surface area (Å²) in [6, 6.07) is 26.2. The standard InChI is InChI=1S/C33H31ClN2O5S/c34-29-6-1-2-7-31(29)40-32(37)36-19-16-33(17-20-36)15-14-27-21-26(12-13-30(27)41-33)25-10-8-24(9-11-25)22-42(38,39)23-28-5-3-4-18-35-28/h1-13,18,21H,14-17,19-20,22-23H2. The first-order chi connectivity index (χ1) is 20.3. The molecule has 7 nitrogen and oxygen atoms in total. The minimum atomic E-state index is -3.33. The molecule has 0 atom stereocenters. The maximum Gasteiger partial charge on any atom is 0.415 e. The molecule has 3 aromatic carbocycles. The topological polar surface area (TPSA) is 85.8 Å². The quantitative estimate of drug-likeness (QED) is 0.239. The van der Waals surface area contributed by atoms with E-state index < -0.39 is 15.9 Å². The average molecular weight is 603 g/mol. The van der Waals surface area contributed by atoms with E-state index in [1.165, 1.54) is 0 Å². The first-order valence-corrected chi connectivity index (χ1v) is 16.2. The molecule has 1 aromatic heterocycles. The van der Waals surface area contributed by atoms with Crippen LogP contribution in [-0.4, -0.2) is 43.1 Å². The molecular weight excluding hydrogens is 572 g/mol. The summed E-state index contributed by atoms with van der Waals surface area (Å²) in [5.74, 6) is 1.14. The van der Waals surface area contributed by atoms with Gasteiger partial charge in [-0.3, -0.25) is 4.98 Å². The number of fused-ring (bicyclic) bond motifs is 1. The number of ether oxygens (including phenoxy) is 2. The summed E-state index contributed by atoms with van der Waals surface area (Å²) < 4.78 is 37.4. The average Bonchev–Trinajstić information content (AvgIpc) is 2.99. The Morgan fingerprint density at radius 3 is 2.38 bits per heavy atom. The molecule has 0 saturated carbocycles. The summed E-state index contributed by atoms with van der Waals surface area (Å²) in [7, 11) is -3.33. The summed E-state index contributed by atoms with van der Waals surface area (Å²) >= 11 is 6.14. The van der Waals surface area contributed by atoms with Crippen LogP contribution in [0.25, 0.3) is 11.1 Å². The van der Waals surface area contributed by atoms with Crippen molar-refractivity contribution in [2.75, 3.05) is 13.1 Å². The number of aryl methyl sites for hydroxylation is 1. The van der Waals surface area contributed by atoms with E-state index in [4.69, 9.17) is 21.1 Å². The number of para-hydroxylation sites is 1. The molecule has 4 aromatic rings. The molecule has 2 aliphatic rings. The number of benzene rings is 3. The number of piperidine rings is 1. The molecule has 9 heteroatoms. The van der Waals surface area contributed by atoms with Crippen LogP contribution in [0.2, 0.25) is 5.02 Å². The molecule has 0 N–H and O–H groups in total. The molecule has 3 heterocycles. The van der Waals surface area contributed by atoms with Crippen molar-refractivity contribution in [3.05, 3.63) is 113 Å². The Hall–Kier alpha value is -3.88. The number of pyridine rings is 1. The number of carbonyl (C=O) groups is 1. The second-order valence-electron chi connectivity index (χ2n) is 10.9. The van der Waals surface area contributed by atoms with Crippen LogP contribution >= 0.6 is 11.6 Å². The Morgan fingerprint density at radius 2 is 1.64 bits per heavy atom. The van der Waals surface area contributed by atoms with Crippen LogP contribution in [-0.2, 0) is 27.8 Å². The van der Waals surface area contributed by atoms with Crippen LogP contribution in [0.3, 0.4) is 0 Å². The van der Waals surface area contributed by atoms with Crippen LogP contribution in [0.4, 0.5) is 4.79 Å². The van der Waals surface area contributed by atoms with Gasteiger partial charge in [0, 0.05) is 32.1 Å². The van der Waals surface area contributed by atoms with Crippen molar-refractivity contribution in [1.29, 1.82) is 0 Å². The van der Waals surface area contributed by atoms with Gasteiger partial charge < -0.3 is 14.4 Å². The summed E-state index contributed by atoms with van der Waals surface area (Å²) in [4.78, 5) is 18.5. The maximum atomic E-state index is 12.7. The fourth-order valence-corrected chi connectivity index (χ4v) is 7.24. The van der Waals surface area contributed by atoms with Crippen LogP contribution in [0, 0.1) is 0 Å². The van der Waals surface area contributed by atoms with Gasteiger partial charge in [0.05, 0.1) is 22.2 Å². The number of hydrogen-bond donors (Lipinski definition) is 0. The molecule has 1 spiro atoms. The fraction of sp³-hybridized carbons (Fsp3) is 0.273. The van der Waals surface area contributed by atoms with Crippen LogP contribution in [0.5, 0.6) is 11.5 Å². The highest BCUT2D eigenvalue weighted by Crippen LogP contribution is 2.41. The third-order valence-corrected chi connectivity index (χ3v) is 9.79. The number of rotatable bonds is 6. The second-order valence-corrected chi connectivity index (χ2v) is 13.4. The molecule has 0 aliphatic carbocycles. The predicted octanol–water partition coefficient (Wildman–Crippen LogP) is 6.88. The molecule has 1 fully saturated rings. The fourth-order valence-electron chi connectivity index (χ4n) is 5.64. The first-order valence-electron chi connectivity index (χ1n) is 14.0. The van der Waals surface area contributed by atoms with Crippen molar-refractivity contribution in [3.8, 4) is 22.6 Å². The zero-order chi connectivity index (χ0) is 29.2. The van der Waals surface area contributed by atoms with Crippen molar-refractivity contribution >= 4 is 27.5 Å². The lowest BCUT2D eigenvalue weighted by Crippen LogP contribution is -2.51. The molecule has 1 saturated heterocycles. The first kappa shape index (κ1) is 28.2. The Bertz CT molecular complexity index is 1690. The van der Waals surface area contributed by atoms with Crippen LogP contribution in [0.15, 0.2) is 91.1 Å². The Kier molecular flexibility index (Phi) is 7.92. The molecule has 6 rings (SSSR count). The molecule has 1 amide bonds. The highest BCUT2D eigenvalue weighted by molar-refractivity contribution is 7.89. The van der Waals surface area contributed by atoms with Gasteiger partial charge in [-0.1, -0.05) is 60.1 Å². The number of hydrogen-bond acceptors (Lipinski definition) is 6. The Morgan fingerprint density at radius 1 is 0.905 bits per heavy atom. The normalized spacial score (nSPS) is 16.0. The van der Waals surface area contributed by atoms with E-state index in [1.54, 1.807) is 53.6 Å². The Labute approximate surface area is 251 Å². The molecule has 216 valence electrons. The van der Waals surface area contributed by atoms with E-state index >= 15 is 0 Å². The number of halogens is 1. The van der Waals surface area contributed by atoms with Crippen molar-refractivity contribution in [2.45, 2.75) is 42.8 Å². The molecule has 0 bridgehead atoms. The van der Waals surface area contributed by atoms with E-state index in [0.717, 1.165) is 53.7 Å². The van der Waals surface area contributed by atoms with Gasteiger partial charge in [0.15, 0.2) is 15.6 Å². The van der Waals surface area contributed by atoms with Crippen molar-refractivity contribution < 1.29 is 22.7 Å². The maximum absolute atomic E-state index is 12.7. The molecule has 2 aliphatic heterocycles. The number of nitrogens with zero attached hydrogens (tertiary/aromatic N) is 2. The van der Waals surface area contributed by atoms with Gasteiger partial charge in [-0.15, -0.1) is 0 Å². The molecule has 0 unspecified atom stereocenters. The third kappa shape index (κ3) is 6.45. The van der Waals surface area contributed by atoms with E-state index in [1.807, 2.05) is 36.4 Å². The third-order valence-electron chi connectivity index (χ3n) is 7.97. The van der Waals surface area contributed by atoms with Gasteiger partial charge >= 0.3 is 6.09 Å². The van der Waals surface area contributed by atoms with Gasteiger partial charge in [-0.05, 0) is 71.5 Å². The van der Waals surface area contributed by atoms with Gasteiger partial charge in [0.1, 0.15) is 11.4 Å². The second kappa shape index (κ2) is 11.8. The van der Waals surface area contributed by atoms with E-state index in [-0.39, 0.29) is 17.1 Å².